The Balaban J connectivity index is 2.07. The Bertz CT molecular complexity index is 379. The second kappa shape index (κ2) is 6.51. The molecule has 0 bridgehead atoms. The summed E-state index contributed by atoms with van der Waals surface area (Å²) < 4.78 is 12.2. The first-order valence-electron chi connectivity index (χ1n) is 7.23. The van der Waals surface area contributed by atoms with Gasteiger partial charge in [-0.25, -0.2) is 0 Å². The van der Waals surface area contributed by atoms with Crippen molar-refractivity contribution in [3.63, 3.8) is 0 Å². The van der Waals surface area contributed by atoms with Gasteiger partial charge < -0.3 is 14.6 Å². The molecule has 0 radical (unpaired) electrons. The van der Waals surface area contributed by atoms with Gasteiger partial charge in [-0.1, -0.05) is 50.6 Å². The molecule has 2 rings (SSSR count). The first-order valence-corrected chi connectivity index (χ1v) is 7.23. The molecule has 0 aromatic heterocycles. The molecule has 0 aliphatic carbocycles. The van der Waals surface area contributed by atoms with Crippen LogP contribution in [0.25, 0.3) is 0 Å². The van der Waals surface area contributed by atoms with Gasteiger partial charge in [-0.2, -0.15) is 0 Å². The SMILES string of the molecule is CCCC1(CC)OC(CO)C(Cc2ccccc2)O1. The van der Waals surface area contributed by atoms with E-state index in [0.717, 1.165) is 25.7 Å². The predicted molar refractivity (Wildman–Crippen MR) is 74.9 cm³/mol. The van der Waals surface area contributed by atoms with Gasteiger partial charge in [0.25, 0.3) is 0 Å². The van der Waals surface area contributed by atoms with Crippen molar-refractivity contribution >= 4 is 0 Å². The number of hydrogen-bond donors (Lipinski definition) is 1. The highest BCUT2D eigenvalue weighted by atomic mass is 16.8. The smallest absolute Gasteiger partial charge is 0.169 e. The summed E-state index contributed by atoms with van der Waals surface area (Å²) in [6.07, 6.45) is 3.24. The predicted octanol–water partition coefficient (Wildman–Crippen LogP) is 2.91. The summed E-state index contributed by atoms with van der Waals surface area (Å²) in [4.78, 5) is 0. The largest absolute Gasteiger partial charge is 0.394 e. The van der Waals surface area contributed by atoms with Crippen LogP contribution in [0, 0.1) is 0 Å². The zero-order valence-electron chi connectivity index (χ0n) is 11.8. The van der Waals surface area contributed by atoms with Gasteiger partial charge in [-0.05, 0) is 12.0 Å². The standard InChI is InChI=1S/C16H24O3/c1-3-10-16(4-2)18-14(15(12-17)19-16)11-13-8-6-5-7-9-13/h5-9,14-15,17H,3-4,10-12H2,1-2H3. The molecule has 1 aliphatic heterocycles. The molecule has 3 atom stereocenters. The average Bonchev–Trinajstić information content (AvgIpc) is 2.79. The first kappa shape index (κ1) is 14.5. The Labute approximate surface area is 115 Å². The monoisotopic (exact) mass is 264 g/mol. The van der Waals surface area contributed by atoms with E-state index in [1.807, 2.05) is 18.2 Å². The molecule has 1 heterocycles. The highest BCUT2D eigenvalue weighted by molar-refractivity contribution is 5.16. The van der Waals surface area contributed by atoms with Crippen LogP contribution in [-0.4, -0.2) is 29.7 Å². The molecule has 1 saturated heterocycles. The molecule has 0 spiro atoms. The summed E-state index contributed by atoms with van der Waals surface area (Å²) in [6, 6.07) is 10.2. The van der Waals surface area contributed by atoms with Crippen LogP contribution in [0.15, 0.2) is 30.3 Å². The molecule has 3 nitrogen and oxygen atoms in total. The van der Waals surface area contributed by atoms with E-state index in [0.29, 0.717) is 0 Å². The normalized spacial score (nSPS) is 30.7. The van der Waals surface area contributed by atoms with E-state index in [-0.39, 0.29) is 18.8 Å². The summed E-state index contributed by atoms with van der Waals surface area (Å²) in [7, 11) is 0. The summed E-state index contributed by atoms with van der Waals surface area (Å²) in [5.41, 5.74) is 1.22. The van der Waals surface area contributed by atoms with E-state index in [1.165, 1.54) is 5.56 Å². The average molecular weight is 264 g/mol. The quantitative estimate of drug-likeness (QED) is 0.858. The lowest BCUT2D eigenvalue weighted by Gasteiger charge is -2.26. The van der Waals surface area contributed by atoms with Crippen molar-refractivity contribution < 1.29 is 14.6 Å². The summed E-state index contributed by atoms with van der Waals surface area (Å²) in [5, 5.41) is 9.51. The third kappa shape index (κ3) is 3.35. The van der Waals surface area contributed by atoms with Crippen molar-refractivity contribution in [3.8, 4) is 0 Å². The number of hydrogen-bond acceptors (Lipinski definition) is 3. The third-order valence-corrected chi connectivity index (χ3v) is 3.78. The zero-order chi connectivity index (χ0) is 13.7. The van der Waals surface area contributed by atoms with Gasteiger partial charge in [0.15, 0.2) is 5.79 Å². The van der Waals surface area contributed by atoms with Gasteiger partial charge in [0, 0.05) is 12.8 Å². The number of benzene rings is 1. The molecule has 0 saturated carbocycles. The molecule has 1 aromatic carbocycles. The van der Waals surface area contributed by atoms with E-state index in [9.17, 15) is 5.11 Å². The molecule has 3 unspecified atom stereocenters. The van der Waals surface area contributed by atoms with Gasteiger partial charge in [0.1, 0.15) is 6.10 Å². The lowest BCUT2D eigenvalue weighted by atomic mass is 10.0. The highest BCUT2D eigenvalue weighted by Crippen LogP contribution is 2.36. The lowest BCUT2D eigenvalue weighted by Crippen LogP contribution is -2.30. The molecule has 1 N–H and O–H groups in total. The van der Waals surface area contributed by atoms with E-state index < -0.39 is 5.79 Å². The Kier molecular flexibility index (Phi) is 4.97. The Morgan fingerprint density at radius 3 is 2.37 bits per heavy atom. The zero-order valence-corrected chi connectivity index (χ0v) is 11.8. The van der Waals surface area contributed by atoms with Crippen LogP contribution in [0.4, 0.5) is 0 Å². The first-order chi connectivity index (χ1) is 9.23. The van der Waals surface area contributed by atoms with Crippen molar-refractivity contribution in [1.29, 1.82) is 0 Å². The van der Waals surface area contributed by atoms with Gasteiger partial charge in [-0.15, -0.1) is 0 Å². The van der Waals surface area contributed by atoms with Crippen LogP contribution < -0.4 is 0 Å². The van der Waals surface area contributed by atoms with Crippen molar-refractivity contribution in [2.75, 3.05) is 6.61 Å². The second-order valence-electron chi connectivity index (χ2n) is 5.20. The molecule has 3 heteroatoms. The van der Waals surface area contributed by atoms with Crippen LogP contribution in [0.3, 0.4) is 0 Å². The lowest BCUT2D eigenvalue weighted by molar-refractivity contribution is -0.184. The molecule has 1 fully saturated rings. The van der Waals surface area contributed by atoms with E-state index >= 15 is 0 Å². The third-order valence-electron chi connectivity index (χ3n) is 3.78. The van der Waals surface area contributed by atoms with Crippen molar-refractivity contribution in [1.82, 2.24) is 0 Å². The van der Waals surface area contributed by atoms with Crippen LogP contribution in [0.5, 0.6) is 0 Å². The maximum absolute atomic E-state index is 9.51. The number of aliphatic hydroxyl groups is 1. The highest BCUT2D eigenvalue weighted by Gasteiger charge is 2.45. The van der Waals surface area contributed by atoms with Crippen molar-refractivity contribution in [2.45, 2.75) is 57.5 Å². The molecular weight excluding hydrogens is 240 g/mol. The Morgan fingerprint density at radius 1 is 1.11 bits per heavy atom. The van der Waals surface area contributed by atoms with Crippen molar-refractivity contribution in [3.05, 3.63) is 35.9 Å². The van der Waals surface area contributed by atoms with Crippen LogP contribution in [0.2, 0.25) is 0 Å². The fourth-order valence-corrected chi connectivity index (χ4v) is 2.75. The van der Waals surface area contributed by atoms with E-state index in [2.05, 4.69) is 26.0 Å². The van der Waals surface area contributed by atoms with Crippen LogP contribution in [0.1, 0.15) is 38.7 Å². The van der Waals surface area contributed by atoms with E-state index in [1.54, 1.807) is 0 Å². The minimum Gasteiger partial charge on any atom is -0.394 e. The molecule has 0 amide bonds. The Morgan fingerprint density at radius 2 is 1.79 bits per heavy atom. The van der Waals surface area contributed by atoms with Gasteiger partial charge in [0.05, 0.1) is 12.7 Å². The van der Waals surface area contributed by atoms with Gasteiger partial charge in [0.2, 0.25) is 0 Å². The van der Waals surface area contributed by atoms with Gasteiger partial charge >= 0.3 is 0 Å². The number of aliphatic hydroxyl groups excluding tert-OH is 1. The molecule has 19 heavy (non-hydrogen) atoms. The maximum Gasteiger partial charge on any atom is 0.169 e. The molecule has 1 aliphatic rings. The van der Waals surface area contributed by atoms with Crippen LogP contribution in [-0.2, 0) is 15.9 Å². The van der Waals surface area contributed by atoms with E-state index in [4.69, 9.17) is 9.47 Å². The molecule has 106 valence electrons. The fraction of sp³-hybridized carbons (Fsp3) is 0.625. The van der Waals surface area contributed by atoms with Gasteiger partial charge in [-0.3, -0.25) is 0 Å². The molecular formula is C16H24O3. The summed E-state index contributed by atoms with van der Waals surface area (Å²) in [5.74, 6) is -0.498. The minimum absolute atomic E-state index is 0.0168. The fourth-order valence-electron chi connectivity index (χ4n) is 2.75. The Hall–Kier alpha value is -0.900. The molecule has 1 aromatic rings. The minimum atomic E-state index is -0.498. The second-order valence-corrected chi connectivity index (χ2v) is 5.20. The summed E-state index contributed by atoms with van der Waals surface area (Å²) >= 11 is 0. The van der Waals surface area contributed by atoms with Crippen molar-refractivity contribution in [2.24, 2.45) is 0 Å². The maximum atomic E-state index is 9.51. The van der Waals surface area contributed by atoms with Crippen LogP contribution >= 0.6 is 0 Å². The topological polar surface area (TPSA) is 38.7 Å². The summed E-state index contributed by atoms with van der Waals surface area (Å²) in [6.45, 7) is 4.22. The number of rotatable bonds is 6. The number of ether oxygens (including phenoxy) is 2.